The van der Waals surface area contributed by atoms with Crippen LogP contribution in [0.25, 0.3) is 10.9 Å². The van der Waals surface area contributed by atoms with E-state index < -0.39 is 0 Å². The molecule has 4 nitrogen and oxygen atoms in total. The SMILES string of the molecule is NCc1cccc(OCCn2ncc3ccccc32)c1. The molecule has 0 aliphatic carbocycles. The van der Waals surface area contributed by atoms with Crippen molar-refractivity contribution in [1.82, 2.24) is 9.78 Å². The van der Waals surface area contributed by atoms with Gasteiger partial charge in [-0.25, -0.2) is 0 Å². The molecule has 0 unspecified atom stereocenters. The molecule has 0 saturated heterocycles. The van der Waals surface area contributed by atoms with Gasteiger partial charge < -0.3 is 10.5 Å². The monoisotopic (exact) mass is 267 g/mol. The Kier molecular flexibility index (Phi) is 3.65. The largest absolute Gasteiger partial charge is 0.492 e. The highest BCUT2D eigenvalue weighted by Crippen LogP contribution is 2.14. The summed E-state index contributed by atoms with van der Waals surface area (Å²) in [4.78, 5) is 0. The maximum atomic E-state index is 5.75. The summed E-state index contributed by atoms with van der Waals surface area (Å²) in [6, 6.07) is 16.0. The van der Waals surface area contributed by atoms with Crippen molar-refractivity contribution in [2.24, 2.45) is 5.73 Å². The summed E-state index contributed by atoms with van der Waals surface area (Å²) in [7, 11) is 0. The van der Waals surface area contributed by atoms with Gasteiger partial charge in [-0.3, -0.25) is 4.68 Å². The molecule has 0 saturated carbocycles. The highest BCUT2D eigenvalue weighted by atomic mass is 16.5. The normalized spacial score (nSPS) is 10.8. The molecule has 0 bridgehead atoms. The summed E-state index contributed by atoms with van der Waals surface area (Å²) in [6.07, 6.45) is 1.88. The lowest BCUT2D eigenvalue weighted by atomic mass is 10.2. The molecule has 0 radical (unpaired) electrons. The van der Waals surface area contributed by atoms with E-state index in [1.165, 1.54) is 0 Å². The van der Waals surface area contributed by atoms with Crippen molar-refractivity contribution in [3.63, 3.8) is 0 Å². The van der Waals surface area contributed by atoms with Crippen molar-refractivity contribution in [3.8, 4) is 5.75 Å². The Balaban J connectivity index is 1.65. The van der Waals surface area contributed by atoms with Crippen molar-refractivity contribution in [2.75, 3.05) is 6.61 Å². The van der Waals surface area contributed by atoms with Gasteiger partial charge in [-0.1, -0.05) is 30.3 Å². The number of hydrogen-bond donors (Lipinski definition) is 1. The predicted molar refractivity (Wildman–Crippen MR) is 79.6 cm³/mol. The number of para-hydroxylation sites is 1. The van der Waals surface area contributed by atoms with Gasteiger partial charge in [0.25, 0.3) is 0 Å². The van der Waals surface area contributed by atoms with E-state index in [0.29, 0.717) is 13.2 Å². The molecule has 0 fully saturated rings. The van der Waals surface area contributed by atoms with Gasteiger partial charge in [0.1, 0.15) is 12.4 Å². The summed E-state index contributed by atoms with van der Waals surface area (Å²) in [6.45, 7) is 1.83. The average molecular weight is 267 g/mol. The Morgan fingerprint density at radius 1 is 1.10 bits per heavy atom. The topological polar surface area (TPSA) is 53.1 Å². The number of ether oxygens (including phenoxy) is 1. The van der Waals surface area contributed by atoms with E-state index in [-0.39, 0.29) is 0 Å². The van der Waals surface area contributed by atoms with Crippen LogP contribution in [0.3, 0.4) is 0 Å². The Morgan fingerprint density at radius 2 is 2.00 bits per heavy atom. The minimum atomic E-state index is 0.529. The Labute approximate surface area is 117 Å². The van der Waals surface area contributed by atoms with Crippen LogP contribution in [0.5, 0.6) is 5.75 Å². The fraction of sp³-hybridized carbons (Fsp3) is 0.188. The number of benzene rings is 2. The summed E-state index contributed by atoms with van der Waals surface area (Å²) in [5.41, 5.74) is 7.82. The van der Waals surface area contributed by atoms with Crippen molar-refractivity contribution in [2.45, 2.75) is 13.1 Å². The average Bonchev–Trinajstić information content (AvgIpc) is 2.91. The molecule has 0 amide bonds. The van der Waals surface area contributed by atoms with E-state index in [4.69, 9.17) is 10.5 Å². The summed E-state index contributed by atoms with van der Waals surface area (Å²) >= 11 is 0. The van der Waals surface area contributed by atoms with Crippen LogP contribution in [0.2, 0.25) is 0 Å². The first kappa shape index (κ1) is 12.7. The number of nitrogens with two attached hydrogens (primary N) is 1. The number of nitrogens with zero attached hydrogens (tertiary/aromatic N) is 2. The van der Waals surface area contributed by atoms with Crippen LogP contribution < -0.4 is 10.5 Å². The molecular formula is C16H17N3O. The van der Waals surface area contributed by atoms with E-state index >= 15 is 0 Å². The Bertz CT molecular complexity index is 706. The van der Waals surface area contributed by atoms with Gasteiger partial charge in [-0.2, -0.15) is 5.10 Å². The van der Waals surface area contributed by atoms with Crippen LogP contribution in [0, 0.1) is 0 Å². The minimum absolute atomic E-state index is 0.529. The molecule has 0 spiro atoms. The van der Waals surface area contributed by atoms with Crippen molar-refractivity contribution >= 4 is 10.9 Å². The van der Waals surface area contributed by atoms with E-state index in [1.54, 1.807) is 0 Å². The second-order valence-corrected chi connectivity index (χ2v) is 4.63. The van der Waals surface area contributed by atoms with Crippen molar-refractivity contribution < 1.29 is 4.74 Å². The standard InChI is InChI=1S/C16H17N3O/c17-11-13-4-3-6-15(10-13)20-9-8-19-16-7-2-1-5-14(16)12-18-19/h1-7,10,12H,8-9,11,17H2. The van der Waals surface area contributed by atoms with Crippen LogP contribution in [0.4, 0.5) is 0 Å². The summed E-state index contributed by atoms with van der Waals surface area (Å²) < 4.78 is 7.71. The number of fused-ring (bicyclic) bond motifs is 1. The molecule has 0 atom stereocenters. The molecule has 4 heteroatoms. The molecule has 1 aromatic heterocycles. The van der Waals surface area contributed by atoms with E-state index in [0.717, 1.165) is 28.8 Å². The second kappa shape index (κ2) is 5.75. The lowest BCUT2D eigenvalue weighted by Gasteiger charge is -2.08. The van der Waals surface area contributed by atoms with Crippen LogP contribution in [-0.4, -0.2) is 16.4 Å². The van der Waals surface area contributed by atoms with Gasteiger partial charge in [0.05, 0.1) is 18.3 Å². The minimum Gasteiger partial charge on any atom is -0.492 e. The van der Waals surface area contributed by atoms with Crippen LogP contribution in [0.15, 0.2) is 54.7 Å². The maximum absolute atomic E-state index is 5.75. The van der Waals surface area contributed by atoms with Gasteiger partial charge in [0, 0.05) is 11.9 Å². The molecular weight excluding hydrogens is 250 g/mol. The van der Waals surface area contributed by atoms with Gasteiger partial charge in [-0.05, 0) is 23.8 Å². The highest BCUT2D eigenvalue weighted by Gasteiger charge is 2.02. The first-order valence-corrected chi connectivity index (χ1v) is 6.69. The Hall–Kier alpha value is -2.33. The Morgan fingerprint density at radius 3 is 2.90 bits per heavy atom. The molecule has 102 valence electrons. The zero-order valence-corrected chi connectivity index (χ0v) is 11.2. The van der Waals surface area contributed by atoms with Gasteiger partial charge in [0.2, 0.25) is 0 Å². The second-order valence-electron chi connectivity index (χ2n) is 4.63. The molecule has 3 rings (SSSR count). The summed E-state index contributed by atoms with van der Waals surface area (Å²) in [5, 5.41) is 5.53. The molecule has 0 aliphatic heterocycles. The quantitative estimate of drug-likeness (QED) is 0.773. The molecule has 0 aliphatic rings. The van der Waals surface area contributed by atoms with Gasteiger partial charge in [-0.15, -0.1) is 0 Å². The third-order valence-electron chi connectivity index (χ3n) is 3.26. The lowest BCUT2D eigenvalue weighted by Crippen LogP contribution is -2.09. The first-order chi connectivity index (χ1) is 9.86. The predicted octanol–water partition coefficient (Wildman–Crippen LogP) is 2.57. The molecule has 2 N–H and O–H groups in total. The van der Waals surface area contributed by atoms with Crippen LogP contribution in [0.1, 0.15) is 5.56 Å². The summed E-state index contributed by atoms with van der Waals surface area (Å²) in [5.74, 6) is 0.851. The van der Waals surface area contributed by atoms with Gasteiger partial charge >= 0.3 is 0 Å². The maximum Gasteiger partial charge on any atom is 0.119 e. The van der Waals surface area contributed by atoms with Crippen molar-refractivity contribution in [1.29, 1.82) is 0 Å². The van der Waals surface area contributed by atoms with E-state index in [9.17, 15) is 0 Å². The number of hydrogen-bond acceptors (Lipinski definition) is 3. The van der Waals surface area contributed by atoms with Gasteiger partial charge in [0.15, 0.2) is 0 Å². The number of aromatic nitrogens is 2. The van der Waals surface area contributed by atoms with Crippen LogP contribution >= 0.6 is 0 Å². The fourth-order valence-corrected chi connectivity index (χ4v) is 2.22. The molecule has 1 heterocycles. The molecule has 2 aromatic carbocycles. The first-order valence-electron chi connectivity index (χ1n) is 6.69. The molecule has 3 aromatic rings. The fourth-order valence-electron chi connectivity index (χ4n) is 2.22. The zero-order valence-electron chi connectivity index (χ0n) is 11.2. The highest BCUT2D eigenvalue weighted by molar-refractivity contribution is 5.78. The third-order valence-corrected chi connectivity index (χ3v) is 3.26. The van der Waals surface area contributed by atoms with Crippen molar-refractivity contribution in [3.05, 3.63) is 60.3 Å². The number of rotatable bonds is 5. The van der Waals surface area contributed by atoms with E-state index in [2.05, 4.69) is 17.2 Å². The van der Waals surface area contributed by atoms with E-state index in [1.807, 2.05) is 47.3 Å². The van der Waals surface area contributed by atoms with Crippen LogP contribution in [-0.2, 0) is 13.1 Å². The zero-order chi connectivity index (χ0) is 13.8. The third kappa shape index (κ3) is 2.65. The lowest BCUT2D eigenvalue weighted by molar-refractivity contribution is 0.293. The smallest absolute Gasteiger partial charge is 0.119 e. The molecule has 20 heavy (non-hydrogen) atoms.